The fourth-order valence-electron chi connectivity index (χ4n) is 4.67. The second-order valence-electron chi connectivity index (χ2n) is 8.72. The number of hydrogen-bond donors (Lipinski definition) is 1. The number of piperidine rings is 1. The van der Waals surface area contributed by atoms with Crippen molar-refractivity contribution in [1.29, 1.82) is 0 Å². The Hall–Kier alpha value is -2.67. The SMILES string of the molecule is O=C(NCc1ccccc1Cl)[C@@H]1CCCN(Cc2nc3ccccc3n2-c2cccc(Br)c2)C1. The number of benzene rings is 3. The van der Waals surface area contributed by atoms with Crippen LogP contribution in [0, 0.1) is 5.92 Å². The molecule has 1 N–H and O–H groups in total. The zero-order valence-corrected chi connectivity index (χ0v) is 21.1. The fourth-order valence-corrected chi connectivity index (χ4v) is 5.26. The van der Waals surface area contributed by atoms with Crippen molar-refractivity contribution in [2.75, 3.05) is 13.1 Å². The summed E-state index contributed by atoms with van der Waals surface area (Å²) in [5.74, 6) is 1.03. The minimum atomic E-state index is -0.0417. The third kappa shape index (κ3) is 5.04. The van der Waals surface area contributed by atoms with E-state index in [1.165, 1.54) is 0 Å². The molecular weight excluding hydrogens is 512 g/mol. The van der Waals surface area contributed by atoms with Gasteiger partial charge in [0.15, 0.2) is 0 Å². The second-order valence-corrected chi connectivity index (χ2v) is 10.0. The van der Waals surface area contributed by atoms with E-state index in [0.717, 1.165) is 58.5 Å². The van der Waals surface area contributed by atoms with Crippen LogP contribution in [0.1, 0.15) is 24.2 Å². The first-order valence-electron chi connectivity index (χ1n) is 11.5. The van der Waals surface area contributed by atoms with E-state index in [2.05, 4.69) is 55.0 Å². The molecule has 0 unspecified atom stereocenters. The van der Waals surface area contributed by atoms with E-state index in [1.807, 2.05) is 48.5 Å². The van der Waals surface area contributed by atoms with Crippen LogP contribution in [0.2, 0.25) is 5.02 Å². The quantitative estimate of drug-likeness (QED) is 0.330. The highest BCUT2D eigenvalue weighted by molar-refractivity contribution is 9.10. The first kappa shape index (κ1) is 23.1. The van der Waals surface area contributed by atoms with Crippen LogP contribution in [0.5, 0.6) is 0 Å². The average Bonchev–Trinajstić information content (AvgIpc) is 3.21. The molecule has 1 atom stereocenters. The highest BCUT2D eigenvalue weighted by atomic mass is 79.9. The van der Waals surface area contributed by atoms with Gasteiger partial charge in [0.05, 0.1) is 23.5 Å². The van der Waals surface area contributed by atoms with Gasteiger partial charge in [0.25, 0.3) is 0 Å². The summed E-state index contributed by atoms with van der Waals surface area (Å²) in [7, 11) is 0. The maximum absolute atomic E-state index is 12.9. The highest BCUT2D eigenvalue weighted by Crippen LogP contribution is 2.26. The van der Waals surface area contributed by atoms with Gasteiger partial charge in [-0.25, -0.2) is 4.98 Å². The van der Waals surface area contributed by atoms with E-state index in [1.54, 1.807) is 0 Å². The molecular formula is C27H26BrClN4O. The molecule has 1 aliphatic rings. The molecule has 0 radical (unpaired) electrons. The lowest BCUT2D eigenvalue weighted by Crippen LogP contribution is -2.42. The van der Waals surface area contributed by atoms with Gasteiger partial charge in [-0.3, -0.25) is 14.3 Å². The van der Waals surface area contributed by atoms with Crippen molar-refractivity contribution in [3.8, 4) is 5.69 Å². The molecule has 1 saturated heterocycles. The normalized spacial score (nSPS) is 16.6. The lowest BCUT2D eigenvalue weighted by Gasteiger charge is -2.31. The number of imidazole rings is 1. The van der Waals surface area contributed by atoms with Crippen LogP contribution in [0.25, 0.3) is 16.7 Å². The van der Waals surface area contributed by atoms with Gasteiger partial charge in [0.2, 0.25) is 5.91 Å². The van der Waals surface area contributed by atoms with Gasteiger partial charge in [-0.2, -0.15) is 0 Å². The number of likely N-dealkylation sites (tertiary alicyclic amines) is 1. The number of rotatable bonds is 6. The monoisotopic (exact) mass is 536 g/mol. The lowest BCUT2D eigenvalue weighted by molar-refractivity contribution is -0.127. The molecule has 2 heterocycles. The molecule has 5 nitrogen and oxygen atoms in total. The summed E-state index contributed by atoms with van der Waals surface area (Å²) in [4.78, 5) is 20.2. The Kier molecular flexibility index (Phi) is 6.99. The van der Waals surface area contributed by atoms with Gasteiger partial charge in [0.1, 0.15) is 5.82 Å². The van der Waals surface area contributed by atoms with Crippen molar-refractivity contribution < 1.29 is 4.79 Å². The third-order valence-electron chi connectivity index (χ3n) is 6.35. The fraction of sp³-hybridized carbons (Fsp3) is 0.259. The van der Waals surface area contributed by atoms with Crippen molar-refractivity contribution in [2.24, 2.45) is 5.92 Å². The summed E-state index contributed by atoms with van der Waals surface area (Å²) in [6, 6.07) is 24.1. The van der Waals surface area contributed by atoms with Gasteiger partial charge in [-0.05, 0) is 61.3 Å². The number of nitrogens with zero attached hydrogens (tertiary/aromatic N) is 3. The molecule has 3 aromatic carbocycles. The molecule has 34 heavy (non-hydrogen) atoms. The molecule has 1 amide bonds. The van der Waals surface area contributed by atoms with Crippen LogP contribution in [0.4, 0.5) is 0 Å². The average molecular weight is 538 g/mol. The number of aromatic nitrogens is 2. The molecule has 1 fully saturated rings. The summed E-state index contributed by atoms with van der Waals surface area (Å²) < 4.78 is 3.25. The number of fused-ring (bicyclic) bond motifs is 1. The largest absolute Gasteiger partial charge is 0.352 e. The molecule has 1 aromatic heterocycles. The van der Waals surface area contributed by atoms with E-state index in [4.69, 9.17) is 16.6 Å². The highest BCUT2D eigenvalue weighted by Gasteiger charge is 2.27. The first-order chi connectivity index (χ1) is 16.6. The number of para-hydroxylation sites is 2. The first-order valence-corrected chi connectivity index (χ1v) is 12.7. The van der Waals surface area contributed by atoms with Crippen LogP contribution < -0.4 is 5.32 Å². The maximum atomic E-state index is 12.9. The zero-order valence-electron chi connectivity index (χ0n) is 18.8. The van der Waals surface area contributed by atoms with E-state index in [-0.39, 0.29) is 11.8 Å². The number of carbonyl (C=O) groups excluding carboxylic acids is 1. The van der Waals surface area contributed by atoms with Gasteiger partial charge >= 0.3 is 0 Å². The standard InChI is InChI=1S/C27H26BrClN4O/c28-21-9-5-10-22(15-21)33-25-13-4-3-12-24(25)31-26(33)18-32-14-6-8-20(17-32)27(34)30-16-19-7-1-2-11-23(19)29/h1-5,7,9-13,15,20H,6,8,14,16-18H2,(H,30,34)/t20-/m1/s1. The summed E-state index contributed by atoms with van der Waals surface area (Å²) in [6.07, 6.45) is 1.88. The summed E-state index contributed by atoms with van der Waals surface area (Å²) >= 11 is 9.84. The molecule has 0 spiro atoms. The Balaban J connectivity index is 1.33. The molecule has 0 aliphatic carbocycles. The predicted molar refractivity (Wildman–Crippen MR) is 140 cm³/mol. The zero-order chi connectivity index (χ0) is 23.5. The van der Waals surface area contributed by atoms with Gasteiger partial charge in [0, 0.05) is 28.3 Å². The number of carbonyl (C=O) groups is 1. The van der Waals surface area contributed by atoms with Gasteiger partial charge < -0.3 is 5.32 Å². The molecule has 174 valence electrons. The molecule has 0 saturated carbocycles. The minimum absolute atomic E-state index is 0.0417. The Morgan fingerprint density at radius 2 is 1.91 bits per heavy atom. The van der Waals surface area contributed by atoms with Crippen LogP contribution in [-0.4, -0.2) is 33.4 Å². The van der Waals surface area contributed by atoms with E-state index >= 15 is 0 Å². The number of amides is 1. The van der Waals surface area contributed by atoms with Crippen LogP contribution in [0.15, 0.2) is 77.3 Å². The Morgan fingerprint density at radius 3 is 2.76 bits per heavy atom. The van der Waals surface area contributed by atoms with E-state index < -0.39 is 0 Å². The van der Waals surface area contributed by atoms with Crippen molar-refractivity contribution in [2.45, 2.75) is 25.9 Å². The number of nitrogens with one attached hydrogen (secondary N) is 1. The van der Waals surface area contributed by atoms with Crippen LogP contribution in [-0.2, 0) is 17.9 Å². The topological polar surface area (TPSA) is 50.2 Å². The van der Waals surface area contributed by atoms with Crippen molar-refractivity contribution >= 4 is 44.5 Å². The summed E-state index contributed by atoms with van der Waals surface area (Å²) in [5.41, 5.74) is 4.07. The summed E-state index contributed by atoms with van der Waals surface area (Å²) in [5, 5.41) is 3.76. The lowest BCUT2D eigenvalue weighted by atomic mass is 9.97. The van der Waals surface area contributed by atoms with Gasteiger partial charge in [-0.15, -0.1) is 0 Å². The predicted octanol–water partition coefficient (Wildman–Crippen LogP) is 5.97. The molecule has 5 rings (SSSR count). The Labute approximate surface area is 212 Å². The number of hydrogen-bond acceptors (Lipinski definition) is 3. The molecule has 4 aromatic rings. The summed E-state index contributed by atoms with van der Waals surface area (Å²) in [6.45, 7) is 2.81. The van der Waals surface area contributed by atoms with Crippen molar-refractivity contribution in [1.82, 2.24) is 19.8 Å². The van der Waals surface area contributed by atoms with Gasteiger partial charge in [-0.1, -0.05) is 63.9 Å². The van der Waals surface area contributed by atoms with Crippen molar-refractivity contribution in [3.05, 3.63) is 93.7 Å². The van der Waals surface area contributed by atoms with Crippen LogP contribution in [0.3, 0.4) is 0 Å². The maximum Gasteiger partial charge on any atom is 0.224 e. The van der Waals surface area contributed by atoms with Crippen molar-refractivity contribution in [3.63, 3.8) is 0 Å². The second kappa shape index (κ2) is 10.3. The smallest absolute Gasteiger partial charge is 0.224 e. The Bertz CT molecular complexity index is 1320. The molecule has 0 bridgehead atoms. The van der Waals surface area contributed by atoms with E-state index in [0.29, 0.717) is 18.1 Å². The third-order valence-corrected chi connectivity index (χ3v) is 7.21. The minimum Gasteiger partial charge on any atom is -0.352 e. The number of halogens is 2. The van der Waals surface area contributed by atoms with E-state index in [9.17, 15) is 4.79 Å². The molecule has 7 heteroatoms. The molecule has 1 aliphatic heterocycles. The Morgan fingerprint density at radius 1 is 1.09 bits per heavy atom. The van der Waals surface area contributed by atoms with Crippen LogP contribution >= 0.6 is 27.5 Å².